The summed E-state index contributed by atoms with van der Waals surface area (Å²) < 4.78 is 36.9. The quantitative estimate of drug-likeness (QED) is 0.423. The van der Waals surface area contributed by atoms with Crippen LogP contribution in [-0.2, 0) is 19.6 Å². The molecule has 9 nitrogen and oxygen atoms in total. The van der Waals surface area contributed by atoms with Gasteiger partial charge in [0.2, 0.25) is 0 Å². The summed E-state index contributed by atoms with van der Waals surface area (Å²) in [5, 5.41) is 10.8. The van der Waals surface area contributed by atoms with Gasteiger partial charge in [0.25, 0.3) is 15.7 Å². The summed E-state index contributed by atoms with van der Waals surface area (Å²) in [6.45, 7) is 1.63. The van der Waals surface area contributed by atoms with Gasteiger partial charge >= 0.3 is 5.97 Å². The van der Waals surface area contributed by atoms with Gasteiger partial charge in [0.1, 0.15) is 5.75 Å². The first kappa shape index (κ1) is 19.2. The maximum atomic E-state index is 12.3. The van der Waals surface area contributed by atoms with Crippen molar-refractivity contribution in [1.82, 2.24) is 0 Å². The Morgan fingerprint density at radius 2 is 1.88 bits per heavy atom. The van der Waals surface area contributed by atoms with Gasteiger partial charge in [-0.15, -0.1) is 0 Å². The molecule has 138 valence electrons. The fraction of sp³-hybridized carbons (Fsp3) is 0.188. The number of nitro groups is 1. The molecule has 10 heteroatoms. The molecule has 0 saturated carbocycles. The van der Waals surface area contributed by atoms with E-state index < -0.39 is 20.9 Å². The molecule has 26 heavy (non-hydrogen) atoms. The summed E-state index contributed by atoms with van der Waals surface area (Å²) in [6.07, 6.45) is 0. The number of benzene rings is 2. The first-order valence-corrected chi connectivity index (χ1v) is 8.96. The number of sulfonamides is 1. The van der Waals surface area contributed by atoms with Crippen LogP contribution in [0.25, 0.3) is 0 Å². The lowest BCUT2D eigenvalue weighted by molar-refractivity contribution is -0.384. The lowest BCUT2D eigenvalue weighted by Gasteiger charge is -2.09. The first-order chi connectivity index (χ1) is 12.3. The maximum Gasteiger partial charge on any atom is 0.344 e. The zero-order valence-electron chi connectivity index (χ0n) is 13.7. The molecule has 0 amide bonds. The van der Waals surface area contributed by atoms with Crippen LogP contribution in [0.1, 0.15) is 6.92 Å². The number of esters is 1. The van der Waals surface area contributed by atoms with Gasteiger partial charge in [0.05, 0.1) is 22.1 Å². The average Bonchev–Trinajstić information content (AvgIpc) is 2.60. The molecule has 0 aliphatic heterocycles. The number of nitro benzene ring substituents is 1. The van der Waals surface area contributed by atoms with E-state index in [0.29, 0.717) is 5.75 Å². The molecule has 0 radical (unpaired) electrons. The van der Waals surface area contributed by atoms with Gasteiger partial charge < -0.3 is 9.47 Å². The predicted molar refractivity (Wildman–Crippen MR) is 92.5 cm³/mol. The first-order valence-electron chi connectivity index (χ1n) is 7.47. The summed E-state index contributed by atoms with van der Waals surface area (Å²) in [7, 11) is -3.93. The van der Waals surface area contributed by atoms with Crippen LogP contribution in [0.5, 0.6) is 5.75 Å². The molecule has 2 rings (SSSR count). The van der Waals surface area contributed by atoms with Gasteiger partial charge in [-0.25, -0.2) is 13.2 Å². The van der Waals surface area contributed by atoms with Crippen molar-refractivity contribution in [3.63, 3.8) is 0 Å². The van der Waals surface area contributed by atoms with E-state index in [-0.39, 0.29) is 29.5 Å². The van der Waals surface area contributed by atoms with E-state index in [9.17, 15) is 23.3 Å². The van der Waals surface area contributed by atoms with E-state index in [1.807, 2.05) is 0 Å². The van der Waals surface area contributed by atoms with E-state index >= 15 is 0 Å². The SMILES string of the molecule is CCOC(=O)COc1ccc(S(=O)(=O)Nc2cccc([N+](=O)[O-])c2)cc1. The minimum absolute atomic E-state index is 0.0625. The summed E-state index contributed by atoms with van der Waals surface area (Å²) in [6, 6.07) is 10.5. The summed E-state index contributed by atoms with van der Waals surface area (Å²) >= 11 is 0. The number of hydrogen-bond acceptors (Lipinski definition) is 7. The number of nitrogens with zero attached hydrogens (tertiary/aromatic N) is 1. The van der Waals surface area contributed by atoms with Crippen molar-refractivity contribution in [2.24, 2.45) is 0 Å². The van der Waals surface area contributed by atoms with Gasteiger partial charge in [-0.1, -0.05) is 6.07 Å². The maximum absolute atomic E-state index is 12.3. The number of carbonyl (C=O) groups is 1. The Morgan fingerprint density at radius 3 is 2.50 bits per heavy atom. The van der Waals surface area contributed by atoms with Crippen LogP contribution in [0.4, 0.5) is 11.4 Å². The van der Waals surface area contributed by atoms with Crippen molar-refractivity contribution in [2.45, 2.75) is 11.8 Å². The molecule has 0 fully saturated rings. The number of hydrogen-bond donors (Lipinski definition) is 1. The molecular formula is C16H16N2O7S. The third kappa shape index (κ3) is 5.18. The third-order valence-corrected chi connectivity index (χ3v) is 4.50. The molecule has 0 atom stereocenters. The largest absolute Gasteiger partial charge is 0.482 e. The second-order valence-corrected chi connectivity index (χ2v) is 6.66. The highest BCUT2D eigenvalue weighted by Gasteiger charge is 2.16. The van der Waals surface area contributed by atoms with Gasteiger partial charge in [-0.05, 0) is 37.3 Å². The Labute approximate surface area is 149 Å². The minimum Gasteiger partial charge on any atom is -0.482 e. The molecule has 0 spiro atoms. The average molecular weight is 380 g/mol. The number of non-ortho nitro benzene ring substituents is 1. The third-order valence-electron chi connectivity index (χ3n) is 3.11. The molecular weight excluding hydrogens is 364 g/mol. The Bertz CT molecular complexity index is 895. The molecule has 2 aromatic rings. The molecule has 1 N–H and O–H groups in total. The summed E-state index contributed by atoms with van der Waals surface area (Å²) in [4.78, 5) is 21.3. The molecule has 0 bridgehead atoms. The topological polar surface area (TPSA) is 125 Å². The van der Waals surface area contributed by atoms with Crippen molar-refractivity contribution in [2.75, 3.05) is 17.9 Å². The Hall–Kier alpha value is -3.14. The Morgan fingerprint density at radius 1 is 1.19 bits per heavy atom. The summed E-state index contributed by atoms with van der Waals surface area (Å²) in [5.41, 5.74) is -0.158. The molecule has 0 saturated heterocycles. The smallest absolute Gasteiger partial charge is 0.344 e. The standard InChI is InChI=1S/C16H16N2O7S/c1-2-24-16(19)11-25-14-6-8-15(9-7-14)26(22,23)17-12-4-3-5-13(10-12)18(20)21/h3-10,17H,2,11H2,1H3. The van der Waals surface area contributed by atoms with Gasteiger partial charge in [-0.3, -0.25) is 14.8 Å². The van der Waals surface area contributed by atoms with Crippen LogP contribution in [0.2, 0.25) is 0 Å². The molecule has 0 aliphatic carbocycles. The number of carbonyl (C=O) groups excluding carboxylic acids is 1. The van der Waals surface area contributed by atoms with Crippen molar-refractivity contribution < 1.29 is 27.6 Å². The highest BCUT2D eigenvalue weighted by Crippen LogP contribution is 2.22. The second kappa shape index (κ2) is 8.30. The van der Waals surface area contributed by atoms with Crippen LogP contribution in [-0.4, -0.2) is 32.5 Å². The minimum atomic E-state index is -3.93. The second-order valence-electron chi connectivity index (χ2n) is 4.98. The van der Waals surface area contributed by atoms with Crippen LogP contribution in [0, 0.1) is 10.1 Å². The van der Waals surface area contributed by atoms with E-state index in [1.54, 1.807) is 6.92 Å². The number of nitrogens with one attached hydrogen (secondary N) is 1. The predicted octanol–water partition coefficient (Wildman–Crippen LogP) is 2.34. The van der Waals surface area contributed by atoms with Gasteiger partial charge in [0, 0.05) is 12.1 Å². The van der Waals surface area contributed by atoms with Crippen LogP contribution in [0.15, 0.2) is 53.4 Å². The lowest BCUT2D eigenvalue weighted by atomic mass is 10.3. The highest BCUT2D eigenvalue weighted by atomic mass is 32.2. The monoisotopic (exact) mass is 380 g/mol. The molecule has 0 aliphatic rings. The fourth-order valence-corrected chi connectivity index (χ4v) is 3.01. The molecule has 2 aromatic carbocycles. The lowest BCUT2D eigenvalue weighted by Crippen LogP contribution is -2.15. The van der Waals surface area contributed by atoms with E-state index in [2.05, 4.69) is 4.72 Å². The van der Waals surface area contributed by atoms with Crippen molar-refractivity contribution >= 4 is 27.4 Å². The van der Waals surface area contributed by atoms with Crippen LogP contribution < -0.4 is 9.46 Å². The normalized spacial score (nSPS) is 10.8. The fourth-order valence-electron chi connectivity index (χ4n) is 1.96. The van der Waals surface area contributed by atoms with Crippen molar-refractivity contribution in [1.29, 1.82) is 0 Å². The van der Waals surface area contributed by atoms with E-state index in [1.165, 1.54) is 42.5 Å². The number of anilines is 1. The van der Waals surface area contributed by atoms with Gasteiger partial charge in [0.15, 0.2) is 6.61 Å². The molecule has 0 heterocycles. The zero-order valence-corrected chi connectivity index (χ0v) is 14.6. The van der Waals surface area contributed by atoms with Crippen LogP contribution in [0.3, 0.4) is 0 Å². The van der Waals surface area contributed by atoms with Crippen LogP contribution >= 0.6 is 0 Å². The molecule has 0 unspecified atom stereocenters. The van der Waals surface area contributed by atoms with E-state index in [0.717, 1.165) is 6.07 Å². The highest BCUT2D eigenvalue weighted by molar-refractivity contribution is 7.92. The van der Waals surface area contributed by atoms with E-state index in [4.69, 9.17) is 9.47 Å². The van der Waals surface area contributed by atoms with Crippen molar-refractivity contribution in [3.05, 3.63) is 58.6 Å². The zero-order chi connectivity index (χ0) is 19.2. The Balaban J connectivity index is 2.08. The number of ether oxygens (including phenoxy) is 2. The Kier molecular flexibility index (Phi) is 6.12. The van der Waals surface area contributed by atoms with Gasteiger partial charge in [-0.2, -0.15) is 0 Å². The summed E-state index contributed by atoms with van der Waals surface area (Å²) in [5.74, 6) is -0.233. The van der Waals surface area contributed by atoms with Crippen molar-refractivity contribution in [3.8, 4) is 5.75 Å². The molecule has 0 aromatic heterocycles. The number of rotatable bonds is 8.